The molecule has 0 aliphatic heterocycles. The van der Waals surface area contributed by atoms with E-state index in [0.29, 0.717) is 18.4 Å². The van der Waals surface area contributed by atoms with Crippen LogP contribution in [-0.2, 0) is 0 Å². The largest absolute Gasteiger partial charge is 0.475 e. The summed E-state index contributed by atoms with van der Waals surface area (Å²) in [5.41, 5.74) is 0.825. The first-order valence-corrected chi connectivity index (χ1v) is 7.25. The Morgan fingerprint density at radius 3 is 2.57 bits per heavy atom. The first-order valence-electron chi connectivity index (χ1n) is 7.25. The maximum atomic E-state index is 6.00. The van der Waals surface area contributed by atoms with Crippen molar-refractivity contribution in [2.75, 3.05) is 32.6 Å². The summed E-state index contributed by atoms with van der Waals surface area (Å²) in [7, 11) is 4.09. The molecule has 1 heterocycles. The Balaban J connectivity index is 2.33. The summed E-state index contributed by atoms with van der Waals surface area (Å²) >= 11 is 0. The molecule has 0 unspecified atom stereocenters. The maximum Gasteiger partial charge on any atom is 0.226 e. The van der Waals surface area contributed by atoms with Crippen molar-refractivity contribution in [1.29, 1.82) is 0 Å². The lowest BCUT2D eigenvalue weighted by atomic mass is 10.1. The van der Waals surface area contributed by atoms with Gasteiger partial charge in [0.1, 0.15) is 6.61 Å². The van der Waals surface area contributed by atoms with Gasteiger partial charge in [0.25, 0.3) is 0 Å². The van der Waals surface area contributed by atoms with Crippen molar-refractivity contribution in [1.82, 2.24) is 14.9 Å². The molecule has 0 amide bonds. The van der Waals surface area contributed by atoms with E-state index in [4.69, 9.17) is 4.74 Å². The van der Waals surface area contributed by atoms with Gasteiger partial charge in [-0.1, -0.05) is 12.1 Å². The molecule has 114 valence electrons. The van der Waals surface area contributed by atoms with E-state index in [-0.39, 0.29) is 5.54 Å². The Hall–Kier alpha value is -1.88. The Bertz CT molecular complexity index is 610. The molecule has 5 nitrogen and oxygen atoms in total. The Kier molecular flexibility index (Phi) is 4.63. The summed E-state index contributed by atoms with van der Waals surface area (Å²) in [6.07, 6.45) is 0. The van der Waals surface area contributed by atoms with Crippen LogP contribution in [0.3, 0.4) is 0 Å². The van der Waals surface area contributed by atoms with E-state index in [1.54, 1.807) is 0 Å². The minimum atomic E-state index is -0.0651. The third-order valence-electron chi connectivity index (χ3n) is 3.68. The van der Waals surface area contributed by atoms with Crippen LogP contribution in [0.15, 0.2) is 24.3 Å². The van der Waals surface area contributed by atoms with E-state index in [9.17, 15) is 0 Å². The zero-order valence-corrected chi connectivity index (χ0v) is 13.5. The summed E-state index contributed by atoms with van der Waals surface area (Å²) in [4.78, 5) is 11.1. The van der Waals surface area contributed by atoms with Crippen LogP contribution in [0.25, 0.3) is 10.9 Å². The number of nitrogens with zero attached hydrogens (tertiary/aromatic N) is 3. The standard InChI is InChI=1S/C16H24N4O/c1-6-17-15-18-13-10-8-7-9-12(13)14(19-15)21-11-16(2,3)20(4)5/h7-10H,6,11H2,1-5H3,(H,17,18,19). The fourth-order valence-corrected chi connectivity index (χ4v) is 1.77. The second-order valence-corrected chi connectivity index (χ2v) is 5.90. The van der Waals surface area contributed by atoms with Crippen LogP contribution < -0.4 is 10.1 Å². The minimum absolute atomic E-state index is 0.0651. The average molecular weight is 288 g/mol. The second kappa shape index (κ2) is 6.26. The highest BCUT2D eigenvalue weighted by Crippen LogP contribution is 2.25. The van der Waals surface area contributed by atoms with E-state index >= 15 is 0 Å². The topological polar surface area (TPSA) is 50.3 Å². The fraction of sp³-hybridized carbons (Fsp3) is 0.500. The molecule has 2 aromatic rings. The summed E-state index contributed by atoms with van der Waals surface area (Å²) in [6.45, 7) is 7.64. The lowest BCUT2D eigenvalue weighted by Crippen LogP contribution is -2.43. The molecule has 1 aromatic carbocycles. The van der Waals surface area contributed by atoms with Crippen molar-refractivity contribution >= 4 is 16.9 Å². The van der Waals surface area contributed by atoms with E-state index in [0.717, 1.165) is 17.4 Å². The van der Waals surface area contributed by atoms with E-state index in [2.05, 4.69) is 34.0 Å². The van der Waals surface area contributed by atoms with Gasteiger partial charge in [-0.2, -0.15) is 4.98 Å². The van der Waals surface area contributed by atoms with Crippen LogP contribution in [0.2, 0.25) is 0 Å². The van der Waals surface area contributed by atoms with Crippen LogP contribution >= 0.6 is 0 Å². The van der Waals surface area contributed by atoms with Crippen molar-refractivity contribution < 1.29 is 4.74 Å². The molecule has 21 heavy (non-hydrogen) atoms. The average Bonchev–Trinajstić information content (AvgIpc) is 2.45. The number of hydrogen-bond acceptors (Lipinski definition) is 5. The number of aromatic nitrogens is 2. The monoisotopic (exact) mass is 288 g/mol. The molecular formula is C16H24N4O. The highest BCUT2D eigenvalue weighted by Gasteiger charge is 2.22. The highest BCUT2D eigenvalue weighted by atomic mass is 16.5. The first-order chi connectivity index (χ1) is 9.94. The summed E-state index contributed by atoms with van der Waals surface area (Å²) < 4.78 is 6.00. The van der Waals surface area contributed by atoms with Gasteiger partial charge in [-0.25, -0.2) is 4.98 Å². The highest BCUT2D eigenvalue weighted by molar-refractivity contribution is 5.84. The quantitative estimate of drug-likeness (QED) is 0.885. The zero-order chi connectivity index (χ0) is 15.5. The molecular weight excluding hydrogens is 264 g/mol. The Labute approximate surface area is 126 Å². The molecule has 0 bridgehead atoms. The molecule has 0 atom stereocenters. The van der Waals surface area contributed by atoms with Crippen molar-refractivity contribution in [2.24, 2.45) is 0 Å². The molecule has 0 saturated carbocycles. The third kappa shape index (κ3) is 3.61. The number of fused-ring (bicyclic) bond motifs is 1. The predicted octanol–water partition coefficient (Wildman–Crippen LogP) is 2.78. The van der Waals surface area contributed by atoms with Crippen LogP contribution in [-0.4, -0.2) is 47.7 Å². The van der Waals surface area contributed by atoms with Gasteiger partial charge >= 0.3 is 0 Å². The predicted molar refractivity (Wildman–Crippen MR) is 87.0 cm³/mol. The van der Waals surface area contributed by atoms with Gasteiger partial charge in [-0.15, -0.1) is 0 Å². The van der Waals surface area contributed by atoms with Crippen molar-refractivity contribution in [2.45, 2.75) is 26.3 Å². The number of para-hydroxylation sites is 1. The van der Waals surface area contributed by atoms with Gasteiger partial charge in [0.05, 0.1) is 10.9 Å². The molecule has 0 spiro atoms. The molecule has 0 aliphatic carbocycles. The van der Waals surface area contributed by atoms with Crippen LogP contribution in [0.4, 0.5) is 5.95 Å². The number of rotatable bonds is 6. The van der Waals surface area contributed by atoms with Crippen LogP contribution in [0, 0.1) is 0 Å². The molecule has 0 aliphatic rings. The van der Waals surface area contributed by atoms with E-state index in [1.165, 1.54) is 0 Å². The Morgan fingerprint density at radius 2 is 1.90 bits per heavy atom. The lowest BCUT2D eigenvalue weighted by molar-refractivity contribution is 0.112. The number of likely N-dealkylation sites (N-methyl/N-ethyl adjacent to an activating group) is 1. The van der Waals surface area contributed by atoms with Crippen LogP contribution in [0.5, 0.6) is 5.88 Å². The number of benzene rings is 1. The van der Waals surface area contributed by atoms with Gasteiger partial charge < -0.3 is 15.0 Å². The van der Waals surface area contributed by atoms with E-state index in [1.807, 2.05) is 45.3 Å². The van der Waals surface area contributed by atoms with Crippen molar-refractivity contribution in [3.05, 3.63) is 24.3 Å². The first kappa shape index (κ1) is 15.5. The van der Waals surface area contributed by atoms with Gasteiger partial charge in [-0.3, -0.25) is 0 Å². The number of ether oxygens (including phenoxy) is 1. The summed E-state index contributed by atoms with van der Waals surface area (Å²) in [6, 6.07) is 7.91. The number of nitrogens with one attached hydrogen (secondary N) is 1. The van der Waals surface area contributed by atoms with Gasteiger partial charge in [0.15, 0.2) is 0 Å². The smallest absolute Gasteiger partial charge is 0.226 e. The molecule has 1 aromatic heterocycles. The third-order valence-corrected chi connectivity index (χ3v) is 3.68. The number of hydrogen-bond donors (Lipinski definition) is 1. The summed E-state index contributed by atoms with van der Waals surface area (Å²) in [5.74, 6) is 1.24. The summed E-state index contributed by atoms with van der Waals surface area (Å²) in [5, 5.41) is 4.09. The maximum absolute atomic E-state index is 6.00. The normalized spacial score (nSPS) is 11.9. The Morgan fingerprint density at radius 1 is 1.19 bits per heavy atom. The number of anilines is 1. The fourth-order valence-electron chi connectivity index (χ4n) is 1.77. The molecule has 0 fully saturated rings. The van der Waals surface area contributed by atoms with Gasteiger partial charge in [0, 0.05) is 12.1 Å². The second-order valence-electron chi connectivity index (χ2n) is 5.90. The molecule has 5 heteroatoms. The lowest BCUT2D eigenvalue weighted by Gasteiger charge is -2.32. The van der Waals surface area contributed by atoms with Crippen molar-refractivity contribution in [3.8, 4) is 5.88 Å². The molecule has 2 rings (SSSR count). The van der Waals surface area contributed by atoms with E-state index < -0.39 is 0 Å². The molecule has 0 radical (unpaired) electrons. The minimum Gasteiger partial charge on any atom is -0.475 e. The molecule has 1 N–H and O–H groups in total. The van der Waals surface area contributed by atoms with Crippen LogP contribution in [0.1, 0.15) is 20.8 Å². The van der Waals surface area contributed by atoms with Crippen molar-refractivity contribution in [3.63, 3.8) is 0 Å². The molecule has 0 saturated heterocycles. The zero-order valence-electron chi connectivity index (χ0n) is 13.5. The van der Waals surface area contributed by atoms with Gasteiger partial charge in [-0.05, 0) is 47.0 Å². The SMILES string of the molecule is CCNc1nc(OCC(C)(C)N(C)C)c2ccccc2n1. The van der Waals surface area contributed by atoms with Gasteiger partial charge in [0.2, 0.25) is 11.8 Å².